The summed E-state index contributed by atoms with van der Waals surface area (Å²) in [5.74, 6) is -0.350. The first-order chi connectivity index (χ1) is 29.1. The van der Waals surface area contributed by atoms with Gasteiger partial charge in [0.15, 0.2) is 6.29 Å². The Balaban J connectivity index is 1.09. The minimum Gasteiger partial charge on any atom is -0.392 e. The van der Waals surface area contributed by atoms with E-state index in [1.807, 2.05) is 104 Å². The Hall–Kier alpha value is -4.94. The monoisotopic (exact) mass is 827 g/mol. The minimum atomic E-state index is -3.98. The maximum atomic E-state index is 13.9. The molecule has 1 saturated heterocycles. The molecule has 1 heterocycles. The van der Waals surface area contributed by atoms with Gasteiger partial charge in [-0.3, -0.25) is 9.69 Å². The molecule has 0 bridgehead atoms. The smallest absolute Gasteiger partial charge is 0.241 e. The number of ether oxygens (including phenoxy) is 2. The van der Waals surface area contributed by atoms with Crippen molar-refractivity contribution in [3.8, 4) is 11.1 Å². The van der Waals surface area contributed by atoms with Crippen LogP contribution in [0.15, 0.2) is 145 Å². The molecule has 0 radical (unpaired) electrons. The van der Waals surface area contributed by atoms with Gasteiger partial charge in [-0.05, 0) is 71.7 Å². The molecule has 314 valence electrons. The summed E-state index contributed by atoms with van der Waals surface area (Å²) < 4.78 is 43.2. The highest BCUT2D eigenvalue weighted by molar-refractivity contribution is 7.89. The number of carbonyl (C=O) groups is 1. The summed E-state index contributed by atoms with van der Waals surface area (Å²) in [6.45, 7) is 9.92. The van der Waals surface area contributed by atoms with Crippen LogP contribution >= 0.6 is 0 Å². The van der Waals surface area contributed by atoms with Crippen LogP contribution < -0.4 is 10.0 Å². The molecule has 5 unspecified atom stereocenters. The van der Waals surface area contributed by atoms with Crippen LogP contribution in [0.1, 0.15) is 78.4 Å². The fourth-order valence-electron chi connectivity index (χ4n) is 8.46. The van der Waals surface area contributed by atoms with Crippen molar-refractivity contribution < 1.29 is 27.8 Å². The SMILES string of the molecule is C=CCN(CC1OC(c2ccc(-c3ccccc3CNC(=O)C(Cc3ccccc3)NS(=O)(=O)c3ccc(C)cc3)cc2)OC(c2ccc(CO)cc2)C1C)C1CCCC1. The quantitative estimate of drug-likeness (QED) is 0.0805. The molecule has 9 nitrogen and oxygen atoms in total. The van der Waals surface area contributed by atoms with E-state index < -0.39 is 28.3 Å². The highest BCUT2D eigenvalue weighted by Gasteiger charge is 2.40. The molecule has 1 saturated carbocycles. The van der Waals surface area contributed by atoms with E-state index in [2.05, 4.69) is 40.6 Å². The van der Waals surface area contributed by atoms with Gasteiger partial charge in [-0.2, -0.15) is 4.72 Å². The zero-order valence-corrected chi connectivity index (χ0v) is 35.4. The normalized spacial score (nSPS) is 20.2. The standard InChI is InChI=1S/C50H57N3O6S/c1-4-30-53(43-15-9-10-16-43)33-47-36(3)48(40-22-20-38(34-54)21-23-40)59-50(58-47)41-26-24-39(25-27-41)45-17-11-8-14-42(45)32-51-49(55)46(31-37-12-6-5-7-13-37)52-60(56,57)44-28-18-35(2)19-29-44/h4-8,11-14,17-29,36,43,46-48,50,52,54H,1,9-10,15-16,30-34H2,2-3H3,(H,51,55). The van der Waals surface area contributed by atoms with Gasteiger partial charge in [0, 0.05) is 37.2 Å². The molecule has 2 aliphatic rings. The second-order valence-electron chi connectivity index (χ2n) is 16.2. The molecular weight excluding hydrogens is 771 g/mol. The summed E-state index contributed by atoms with van der Waals surface area (Å²) in [6.07, 6.45) is 6.14. The van der Waals surface area contributed by atoms with E-state index in [0.717, 1.165) is 57.6 Å². The largest absolute Gasteiger partial charge is 0.392 e. The van der Waals surface area contributed by atoms with Crippen molar-refractivity contribution in [2.75, 3.05) is 13.1 Å². The summed E-state index contributed by atoms with van der Waals surface area (Å²) in [7, 11) is -3.98. The number of carbonyl (C=O) groups excluding carboxylic acids is 1. The molecule has 0 spiro atoms. The summed E-state index contributed by atoms with van der Waals surface area (Å²) in [6, 6.07) is 39.5. The van der Waals surface area contributed by atoms with Gasteiger partial charge in [-0.15, -0.1) is 6.58 Å². The van der Waals surface area contributed by atoms with Crippen LogP contribution in [0.3, 0.4) is 0 Å². The average molecular weight is 828 g/mol. The number of amides is 1. The second-order valence-corrected chi connectivity index (χ2v) is 17.9. The van der Waals surface area contributed by atoms with E-state index in [9.17, 15) is 18.3 Å². The van der Waals surface area contributed by atoms with Crippen LogP contribution in [0.25, 0.3) is 11.1 Å². The van der Waals surface area contributed by atoms with Crippen molar-refractivity contribution >= 4 is 15.9 Å². The third-order valence-corrected chi connectivity index (χ3v) is 13.4. The lowest BCUT2D eigenvalue weighted by atomic mass is 9.89. The van der Waals surface area contributed by atoms with Crippen molar-refractivity contribution in [1.29, 1.82) is 0 Å². The number of aliphatic hydroxyl groups is 1. The number of nitrogens with one attached hydrogen (secondary N) is 2. The third kappa shape index (κ3) is 10.7. The molecule has 5 aromatic rings. The summed E-state index contributed by atoms with van der Waals surface area (Å²) in [4.78, 5) is 16.5. The van der Waals surface area contributed by atoms with Crippen molar-refractivity contribution in [3.05, 3.63) is 173 Å². The molecule has 60 heavy (non-hydrogen) atoms. The Morgan fingerprint density at radius 1 is 0.850 bits per heavy atom. The summed E-state index contributed by atoms with van der Waals surface area (Å²) >= 11 is 0. The van der Waals surface area contributed by atoms with Gasteiger partial charge in [-0.1, -0.05) is 147 Å². The highest BCUT2D eigenvalue weighted by atomic mass is 32.2. The van der Waals surface area contributed by atoms with Gasteiger partial charge in [0.2, 0.25) is 15.9 Å². The van der Waals surface area contributed by atoms with E-state index in [4.69, 9.17) is 9.47 Å². The third-order valence-electron chi connectivity index (χ3n) is 11.9. The molecular formula is C50H57N3O6S. The lowest BCUT2D eigenvalue weighted by Crippen LogP contribution is -2.47. The minimum absolute atomic E-state index is 0.0136. The van der Waals surface area contributed by atoms with Crippen LogP contribution in [0.2, 0.25) is 0 Å². The maximum absolute atomic E-state index is 13.9. The molecule has 1 amide bonds. The number of benzene rings is 5. The molecule has 10 heteroatoms. The Kier molecular flexibility index (Phi) is 14.4. The molecule has 0 aromatic heterocycles. The number of nitrogens with zero attached hydrogens (tertiary/aromatic N) is 1. The van der Waals surface area contributed by atoms with Crippen molar-refractivity contribution in [2.45, 2.75) is 94.6 Å². The second kappa shape index (κ2) is 20.1. The van der Waals surface area contributed by atoms with E-state index in [1.165, 1.54) is 25.7 Å². The number of hydrogen-bond acceptors (Lipinski definition) is 7. The molecule has 1 aliphatic carbocycles. The van der Waals surface area contributed by atoms with Crippen LogP contribution in [-0.4, -0.2) is 55.6 Å². The van der Waals surface area contributed by atoms with Gasteiger partial charge in [-0.25, -0.2) is 8.42 Å². The number of hydrogen-bond donors (Lipinski definition) is 3. The lowest BCUT2D eigenvalue weighted by molar-refractivity contribution is -0.276. The van der Waals surface area contributed by atoms with E-state index in [-0.39, 0.29) is 42.6 Å². The van der Waals surface area contributed by atoms with Crippen LogP contribution in [0.4, 0.5) is 0 Å². The van der Waals surface area contributed by atoms with Crippen LogP contribution in [0, 0.1) is 12.8 Å². The predicted octanol–water partition coefficient (Wildman–Crippen LogP) is 8.58. The molecule has 1 aliphatic heterocycles. The predicted molar refractivity (Wildman–Crippen MR) is 236 cm³/mol. The molecule has 3 N–H and O–H groups in total. The molecule has 5 aromatic carbocycles. The topological polar surface area (TPSA) is 117 Å². The zero-order valence-electron chi connectivity index (χ0n) is 34.6. The number of sulfonamides is 1. The van der Waals surface area contributed by atoms with Crippen molar-refractivity contribution in [2.24, 2.45) is 5.92 Å². The number of aliphatic hydroxyl groups excluding tert-OH is 1. The van der Waals surface area contributed by atoms with Crippen LogP contribution in [-0.2, 0) is 43.9 Å². The van der Waals surface area contributed by atoms with Gasteiger partial charge >= 0.3 is 0 Å². The number of aryl methyl sites for hydroxylation is 1. The first-order valence-corrected chi connectivity index (χ1v) is 22.5. The Bertz CT molecular complexity index is 2280. The zero-order chi connectivity index (χ0) is 42.1. The van der Waals surface area contributed by atoms with E-state index in [1.54, 1.807) is 24.3 Å². The maximum Gasteiger partial charge on any atom is 0.241 e. The Morgan fingerprint density at radius 2 is 1.52 bits per heavy atom. The van der Waals surface area contributed by atoms with Gasteiger partial charge in [0.1, 0.15) is 6.04 Å². The fraction of sp³-hybridized carbons (Fsp3) is 0.340. The average Bonchev–Trinajstić information content (AvgIpc) is 3.82. The number of rotatable bonds is 17. The molecule has 5 atom stereocenters. The summed E-state index contributed by atoms with van der Waals surface area (Å²) in [5, 5.41) is 12.7. The van der Waals surface area contributed by atoms with Gasteiger partial charge < -0.3 is 19.9 Å². The van der Waals surface area contributed by atoms with E-state index in [0.29, 0.717) is 6.04 Å². The van der Waals surface area contributed by atoms with Crippen molar-refractivity contribution in [1.82, 2.24) is 14.9 Å². The first kappa shape index (κ1) is 43.2. The highest BCUT2D eigenvalue weighted by Crippen LogP contribution is 2.43. The van der Waals surface area contributed by atoms with E-state index >= 15 is 0 Å². The van der Waals surface area contributed by atoms with Crippen molar-refractivity contribution in [3.63, 3.8) is 0 Å². The molecule has 7 rings (SSSR count). The lowest BCUT2D eigenvalue weighted by Gasteiger charge is -2.43. The first-order valence-electron chi connectivity index (χ1n) is 21.1. The van der Waals surface area contributed by atoms with Gasteiger partial charge in [0.25, 0.3) is 0 Å². The Labute approximate surface area is 355 Å². The van der Waals surface area contributed by atoms with Crippen LogP contribution in [0.5, 0.6) is 0 Å². The fourth-order valence-corrected chi connectivity index (χ4v) is 9.65. The summed E-state index contributed by atoms with van der Waals surface area (Å²) in [5.41, 5.74) is 7.38. The molecule has 2 fully saturated rings. The van der Waals surface area contributed by atoms with Gasteiger partial charge in [0.05, 0.1) is 23.7 Å². The Morgan fingerprint density at radius 3 is 2.20 bits per heavy atom.